The Labute approximate surface area is 147 Å². The van der Waals surface area contributed by atoms with Crippen LogP contribution in [0.4, 0.5) is 4.39 Å². The van der Waals surface area contributed by atoms with Crippen LogP contribution in [0.15, 0.2) is 18.2 Å². The summed E-state index contributed by atoms with van der Waals surface area (Å²) in [5.41, 5.74) is 6.53. The van der Waals surface area contributed by atoms with E-state index in [9.17, 15) is 9.18 Å². The molecule has 1 saturated carbocycles. The van der Waals surface area contributed by atoms with Crippen LogP contribution in [-0.2, 0) is 4.79 Å². The zero-order valence-electron chi connectivity index (χ0n) is 13.2. The zero-order chi connectivity index (χ0) is 15.9. The summed E-state index contributed by atoms with van der Waals surface area (Å²) >= 11 is 6.11. The second kappa shape index (κ2) is 7.37. The quantitative estimate of drug-likeness (QED) is 0.892. The van der Waals surface area contributed by atoms with Crippen LogP contribution >= 0.6 is 24.0 Å². The number of halogens is 3. The first-order valence-electron chi connectivity index (χ1n) is 8.00. The van der Waals surface area contributed by atoms with E-state index in [1.165, 1.54) is 6.07 Å². The lowest BCUT2D eigenvalue weighted by molar-refractivity contribution is -0.136. The highest BCUT2D eigenvalue weighted by molar-refractivity contribution is 6.31. The number of benzene rings is 1. The van der Waals surface area contributed by atoms with E-state index in [-0.39, 0.29) is 48.1 Å². The molecule has 1 aliphatic carbocycles. The number of rotatable bonds is 3. The maximum Gasteiger partial charge on any atom is 0.226 e. The van der Waals surface area contributed by atoms with Gasteiger partial charge in [-0.1, -0.05) is 17.7 Å². The van der Waals surface area contributed by atoms with Crippen LogP contribution in [0.1, 0.15) is 44.1 Å². The predicted octanol–water partition coefficient (Wildman–Crippen LogP) is 3.73. The molecule has 3 nitrogen and oxygen atoms in total. The van der Waals surface area contributed by atoms with Crippen molar-refractivity contribution < 1.29 is 9.18 Å². The first-order chi connectivity index (χ1) is 10.5. The average molecular weight is 361 g/mol. The van der Waals surface area contributed by atoms with Gasteiger partial charge in [0, 0.05) is 41.1 Å². The molecular formula is C17H23Cl2FN2O. The van der Waals surface area contributed by atoms with Gasteiger partial charge in [-0.05, 0) is 44.7 Å². The van der Waals surface area contributed by atoms with Gasteiger partial charge in [0.1, 0.15) is 5.82 Å². The van der Waals surface area contributed by atoms with Crippen molar-refractivity contribution in [3.63, 3.8) is 0 Å². The molecule has 6 heteroatoms. The molecule has 2 aliphatic rings. The van der Waals surface area contributed by atoms with Crippen LogP contribution in [0.2, 0.25) is 5.02 Å². The average Bonchev–Trinajstić information content (AvgIpc) is 3.26. The number of carbonyl (C=O) groups is 1. The summed E-state index contributed by atoms with van der Waals surface area (Å²) in [7, 11) is 0. The molecule has 2 fully saturated rings. The first-order valence-corrected chi connectivity index (χ1v) is 8.38. The zero-order valence-corrected chi connectivity index (χ0v) is 14.7. The number of nitrogens with zero attached hydrogens (tertiary/aromatic N) is 1. The highest BCUT2D eigenvalue weighted by Crippen LogP contribution is 2.51. The third kappa shape index (κ3) is 3.65. The van der Waals surface area contributed by atoms with Crippen molar-refractivity contribution in [3.8, 4) is 0 Å². The van der Waals surface area contributed by atoms with Crippen LogP contribution < -0.4 is 5.73 Å². The third-order valence-corrected chi connectivity index (χ3v) is 5.25. The topological polar surface area (TPSA) is 46.3 Å². The van der Waals surface area contributed by atoms with E-state index < -0.39 is 0 Å². The molecule has 4 atom stereocenters. The summed E-state index contributed by atoms with van der Waals surface area (Å²) in [5.74, 6) is -0.424. The van der Waals surface area contributed by atoms with Gasteiger partial charge in [-0.3, -0.25) is 4.79 Å². The Morgan fingerprint density at radius 2 is 2.17 bits per heavy atom. The van der Waals surface area contributed by atoms with E-state index in [1.54, 1.807) is 12.1 Å². The van der Waals surface area contributed by atoms with Crippen molar-refractivity contribution in [1.82, 2.24) is 4.90 Å². The monoisotopic (exact) mass is 360 g/mol. The first kappa shape index (κ1) is 18.5. The molecule has 0 aromatic heterocycles. The Morgan fingerprint density at radius 1 is 1.43 bits per heavy atom. The standard InChI is InChI=1S/C17H22ClFN2O.ClH/c1-10(20)15-7-2-3-8-21(15)17(22)12-9-11(12)16-13(18)5-4-6-14(16)19;/h4-6,10-12,15H,2-3,7-9,20H2,1H3;1H. The molecule has 1 saturated heterocycles. The molecule has 1 heterocycles. The molecule has 0 spiro atoms. The normalized spacial score (nSPS) is 28.0. The van der Waals surface area contributed by atoms with Crippen LogP contribution in [-0.4, -0.2) is 29.4 Å². The van der Waals surface area contributed by atoms with Crippen LogP contribution in [0, 0.1) is 11.7 Å². The molecular weight excluding hydrogens is 338 g/mol. The van der Waals surface area contributed by atoms with Gasteiger partial charge in [0.25, 0.3) is 0 Å². The summed E-state index contributed by atoms with van der Waals surface area (Å²) in [6.45, 7) is 2.72. The van der Waals surface area contributed by atoms with Crippen LogP contribution in [0.25, 0.3) is 0 Å². The third-order valence-electron chi connectivity index (χ3n) is 4.92. The molecule has 1 aromatic rings. The number of nitrogens with two attached hydrogens (primary N) is 1. The van der Waals surface area contributed by atoms with Gasteiger partial charge in [0.15, 0.2) is 0 Å². The molecule has 128 valence electrons. The van der Waals surface area contributed by atoms with Crippen molar-refractivity contribution in [2.75, 3.05) is 6.54 Å². The largest absolute Gasteiger partial charge is 0.338 e. The number of likely N-dealkylation sites (tertiary alicyclic amines) is 1. The lowest BCUT2D eigenvalue weighted by Crippen LogP contribution is -2.52. The molecule has 4 unspecified atom stereocenters. The smallest absolute Gasteiger partial charge is 0.226 e. The summed E-state index contributed by atoms with van der Waals surface area (Å²) in [6.07, 6.45) is 3.78. The molecule has 0 radical (unpaired) electrons. The number of hydrogen-bond acceptors (Lipinski definition) is 2. The van der Waals surface area contributed by atoms with E-state index in [1.807, 2.05) is 11.8 Å². The molecule has 1 aromatic carbocycles. The maximum absolute atomic E-state index is 14.0. The van der Waals surface area contributed by atoms with E-state index in [0.717, 1.165) is 25.8 Å². The van der Waals surface area contributed by atoms with E-state index in [2.05, 4.69) is 0 Å². The fourth-order valence-electron chi connectivity index (χ4n) is 3.64. The number of hydrogen-bond donors (Lipinski definition) is 1. The van der Waals surface area contributed by atoms with E-state index >= 15 is 0 Å². The van der Waals surface area contributed by atoms with Gasteiger partial charge in [0.2, 0.25) is 5.91 Å². The summed E-state index contributed by atoms with van der Waals surface area (Å²) < 4.78 is 14.0. The van der Waals surface area contributed by atoms with Crippen molar-refractivity contribution in [2.24, 2.45) is 11.7 Å². The van der Waals surface area contributed by atoms with Gasteiger partial charge in [-0.15, -0.1) is 12.4 Å². The Bertz CT molecular complexity index is 561. The van der Waals surface area contributed by atoms with Gasteiger partial charge in [-0.25, -0.2) is 4.39 Å². The number of piperidine rings is 1. The Kier molecular flexibility index (Phi) is 5.93. The van der Waals surface area contributed by atoms with Crippen LogP contribution in [0.3, 0.4) is 0 Å². The molecule has 1 aliphatic heterocycles. The molecule has 23 heavy (non-hydrogen) atoms. The van der Waals surface area contributed by atoms with Gasteiger partial charge >= 0.3 is 0 Å². The second-order valence-electron chi connectivity index (χ2n) is 6.54. The Morgan fingerprint density at radius 3 is 2.83 bits per heavy atom. The summed E-state index contributed by atoms with van der Waals surface area (Å²) in [6, 6.07) is 4.77. The lowest BCUT2D eigenvalue weighted by atomic mass is 9.96. The molecule has 1 amide bonds. The van der Waals surface area contributed by atoms with Gasteiger partial charge in [0.05, 0.1) is 0 Å². The maximum atomic E-state index is 14.0. The lowest BCUT2D eigenvalue weighted by Gasteiger charge is -2.38. The van der Waals surface area contributed by atoms with Gasteiger partial charge in [-0.2, -0.15) is 0 Å². The van der Waals surface area contributed by atoms with E-state index in [0.29, 0.717) is 17.0 Å². The SMILES string of the molecule is CC(N)C1CCCCN1C(=O)C1CC1c1c(F)cccc1Cl.Cl. The Balaban J connectivity index is 0.00000192. The van der Waals surface area contributed by atoms with Crippen molar-refractivity contribution in [3.05, 3.63) is 34.6 Å². The highest BCUT2D eigenvalue weighted by atomic mass is 35.5. The summed E-state index contributed by atoms with van der Waals surface area (Å²) in [4.78, 5) is 14.7. The van der Waals surface area contributed by atoms with Crippen molar-refractivity contribution in [2.45, 2.75) is 50.6 Å². The minimum absolute atomic E-state index is 0. The fraction of sp³-hybridized carbons (Fsp3) is 0.588. The number of carbonyl (C=O) groups excluding carboxylic acids is 1. The number of amides is 1. The fourth-order valence-corrected chi connectivity index (χ4v) is 3.95. The second-order valence-corrected chi connectivity index (χ2v) is 6.95. The minimum atomic E-state index is -0.310. The van der Waals surface area contributed by atoms with E-state index in [4.69, 9.17) is 17.3 Å². The van der Waals surface area contributed by atoms with Crippen molar-refractivity contribution >= 4 is 29.9 Å². The summed E-state index contributed by atoms with van der Waals surface area (Å²) in [5, 5.41) is 0.419. The van der Waals surface area contributed by atoms with Gasteiger partial charge < -0.3 is 10.6 Å². The molecule has 0 bridgehead atoms. The minimum Gasteiger partial charge on any atom is -0.338 e. The molecule has 2 N–H and O–H groups in total. The molecule has 3 rings (SSSR count). The predicted molar refractivity (Wildman–Crippen MR) is 92.5 cm³/mol. The highest BCUT2D eigenvalue weighted by Gasteiger charge is 2.49. The van der Waals surface area contributed by atoms with Crippen LogP contribution in [0.5, 0.6) is 0 Å². The Hall–Kier alpha value is -0.840. The van der Waals surface area contributed by atoms with Crippen molar-refractivity contribution in [1.29, 1.82) is 0 Å².